The van der Waals surface area contributed by atoms with Crippen LogP contribution in [-0.2, 0) is 0 Å². The summed E-state index contributed by atoms with van der Waals surface area (Å²) in [5.74, 6) is 0. The molecule has 2 aromatic rings. The molecule has 1 atom stereocenters. The van der Waals surface area contributed by atoms with Gasteiger partial charge in [0.2, 0.25) is 0 Å². The van der Waals surface area contributed by atoms with E-state index in [2.05, 4.69) is 71.1 Å². The van der Waals surface area contributed by atoms with E-state index in [9.17, 15) is 0 Å². The van der Waals surface area contributed by atoms with Gasteiger partial charge < -0.3 is 10.3 Å². The zero-order valence-corrected chi connectivity index (χ0v) is 13.9. The minimum atomic E-state index is 0.304. The van der Waals surface area contributed by atoms with Crippen LogP contribution < -0.4 is 15.9 Å². The smallest absolute Gasteiger partial charge is 0.0835 e. The molecule has 0 saturated carbocycles. The summed E-state index contributed by atoms with van der Waals surface area (Å²) in [5.41, 5.74) is 12.5. The number of allylic oxidation sites excluding steroid dienone is 1. The zero-order valence-electron chi connectivity index (χ0n) is 13.2. The van der Waals surface area contributed by atoms with Gasteiger partial charge in [-0.2, -0.15) is 0 Å². The maximum atomic E-state index is 6.06. The highest BCUT2D eigenvalue weighted by atomic mass is 35.5. The van der Waals surface area contributed by atoms with Gasteiger partial charge in [-0.25, -0.2) is 0 Å². The van der Waals surface area contributed by atoms with Crippen LogP contribution in [0.5, 0.6) is 0 Å². The van der Waals surface area contributed by atoms with Gasteiger partial charge in [-0.05, 0) is 44.2 Å². The molecule has 2 N–H and O–H groups in total. The minimum Gasteiger partial charge on any atom is -0.339 e. The maximum Gasteiger partial charge on any atom is 0.0835 e. The summed E-state index contributed by atoms with van der Waals surface area (Å²) >= 11 is 6.06. The van der Waals surface area contributed by atoms with Gasteiger partial charge in [-0.1, -0.05) is 29.8 Å². The van der Waals surface area contributed by atoms with E-state index in [4.69, 9.17) is 11.6 Å². The van der Waals surface area contributed by atoms with E-state index in [0.29, 0.717) is 6.04 Å². The average Bonchev–Trinajstić information content (AvgIpc) is 2.89. The molecule has 0 saturated heterocycles. The second-order valence-electron chi connectivity index (χ2n) is 6.03. The van der Waals surface area contributed by atoms with Crippen molar-refractivity contribution in [1.82, 2.24) is 16.0 Å². The van der Waals surface area contributed by atoms with Gasteiger partial charge in [0.05, 0.1) is 23.1 Å². The molecule has 0 spiro atoms. The van der Waals surface area contributed by atoms with E-state index in [1.165, 1.54) is 16.9 Å². The molecule has 0 fully saturated rings. The molecule has 2 aliphatic rings. The number of rotatable bonds is 1. The number of benzene rings is 2. The van der Waals surface area contributed by atoms with Gasteiger partial charge in [-0.3, -0.25) is 5.01 Å². The zero-order chi connectivity index (χ0) is 16.0. The predicted molar refractivity (Wildman–Crippen MR) is 95.1 cm³/mol. The lowest BCUT2D eigenvalue weighted by Gasteiger charge is -2.29. The third-order valence-electron chi connectivity index (χ3n) is 4.44. The Bertz CT molecular complexity index is 769. The van der Waals surface area contributed by atoms with E-state index in [1.807, 2.05) is 12.1 Å². The number of hydrogen-bond donors (Lipinski definition) is 2. The Kier molecular flexibility index (Phi) is 3.43. The van der Waals surface area contributed by atoms with Crippen molar-refractivity contribution < 1.29 is 0 Å². The highest BCUT2D eigenvalue weighted by molar-refractivity contribution is 6.30. The first-order chi connectivity index (χ1) is 11.1. The van der Waals surface area contributed by atoms with Crippen LogP contribution in [0.4, 0.5) is 11.4 Å². The van der Waals surface area contributed by atoms with Gasteiger partial charge in [0, 0.05) is 22.8 Å². The number of hydrogen-bond acceptors (Lipinski definition) is 4. The lowest BCUT2D eigenvalue weighted by Crippen LogP contribution is -2.46. The molecular formula is C18H19ClN4. The van der Waals surface area contributed by atoms with Crippen LogP contribution in [0.15, 0.2) is 54.2 Å². The first-order valence-corrected chi connectivity index (χ1v) is 8.17. The number of anilines is 2. The number of halogens is 1. The largest absolute Gasteiger partial charge is 0.339 e. The summed E-state index contributed by atoms with van der Waals surface area (Å²) in [6.07, 6.45) is 0. The van der Waals surface area contributed by atoms with E-state index < -0.39 is 0 Å². The minimum absolute atomic E-state index is 0.304. The predicted octanol–water partition coefficient (Wildman–Crippen LogP) is 3.89. The molecule has 0 aromatic heterocycles. The van der Waals surface area contributed by atoms with E-state index in [1.54, 1.807) is 0 Å². The number of hydrazine groups is 2. The van der Waals surface area contributed by atoms with Gasteiger partial charge in [0.1, 0.15) is 0 Å². The SMILES string of the molecule is CC1=C2c3ccccc3N(c3ccc(Cl)cc3)CC(C)N2NN1. The quantitative estimate of drug-likeness (QED) is 0.832. The van der Waals surface area contributed by atoms with Crippen LogP contribution in [0.1, 0.15) is 19.4 Å². The fourth-order valence-corrected chi connectivity index (χ4v) is 3.45. The van der Waals surface area contributed by atoms with Crippen LogP contribution in [0.2, 0.25) is 5.02 Å². The second kappa shape index (κ2) is 5.48. The fraction of sp³-hybridized carbons (Fsp3) is 0.222. The molecule has 1 unspecified atom stereocenters. The lowest BCUT2D eigenvalue weighted by atomic mass is 10.1. The Hall–Kier alpha value is -2.17. The van der Waals surface area contributed by atoms with Crippen LogP contribution in [0.25, 0.3) is 5.70 Å². The third kappa shape index (κ3) is 2.35. The van der Waals surface area contributed by atoms with Crippen LogP contribution in [0.3, 0.4) is 0 Å². The van der Waals surface area contributed by atoms with Crippen molar-refractivity contribution in [3.05, 3.63) is 64.8 Å². The molecule has 5 heteroatoms. The molecule has 23 heavy (non-hydrogen) atoms. The first kappa shape index (κ1) is 14.4. The third-order valence-corrected chi connectivity index (χ3v) is 4.69. The molecular weight excluding hydrogens is 308 g/mol. The molecule has 4 rings (SSSR count). The van der Waals surface area contributed by atoms with Gasteiger partial charge >= 0.3 is 0 Å². The summed E-state index contributed by atoms with van der Waals surface area (Å²) in [6, 6.07) is 16.9. The second-order valence-corrected chi connectivity index (χ2v) is 6.47. The monoisotopic (exact) mass is 326 g/mol. The van der Waals surface area contributed by atoms with Crippen molar-refractivity contribution in [3.63, 3.8) is 0 Å². The summed E-state index contributed by atoms with van der Waals surface area (Å²) in [4.78, 5) is 2.36. The standard InChI is InChI=1S/C18H19ClN4/c1-12-11-22(15-9-7-14(19)8-10-15)17-6-4-3-5-16(17)18-13(2)20-21-23(12)18/h3-10,12,20-21H,11H2,1-2H3. The van der Waals surface area contributed by atoms with Crippen molar-refractivity contribution in [3.8, 4) is 0 Å². The Morgan fingerprint density at radius 1 is 1.09 bits per heavy atom. The Morgan fingerprint density at radius 3 is 2.61 bits per heavy atom. The summed E-state index contributed by atoms with van der Waals surface area (Å²) in [6.45, 7) is 5.20. The molecule has 118 valence electrons. The number of nitrogens with zero attached hydrogens (tertiary/aromatic N) is 2. The molecule has 2 aliphatic heterocycles. The maximum absolute atomic E-state index is 6.06. The van der Waals surface area contributed by atoms with Crippen LogP contribution >= 0.6 is 11.6 Å². The molecule has 4 nitrogen and oxygen atoms in total. The summed E-state index contributed by atoms with van der Waals surface area (Å²) in [7, 11) is 0. The van der Waals surface area contributed by atoms with Crippen LogP contribution in [0, 0.1) is 0 Å². The molecule has 0 bridgehead atoms. The lowest BCUT2D eigenvalue weighted by molar-refractivity contribution is 0.228. The van der Waals surface area contributed by atoms with Gasteiger partial charge in [0.25, 0.3) is 0 Å². The molecule has 0 radical (unpaired) electrons. The van der Waals surface area contributed by atoms with E-state index >= 15 is 0 Å². The van der Waals surface area contributed by atoms with E-state index in [0.717, 1.165) is 23.0 Å². The highest BCUT2D eigenvalue weighted by Gasteiger charge is 2.33. The Labute approximate surface area is 141 Å². The van der Waals surface area contributed by atoms with Gasteiger partial charge in [0.15, 0.2) is 0 Å². The van der Waals surface area contributed by atoms with Crippen molar-refractivity contribution in [2.75, 3.05) is 11.4 Å². The number of para-hydroxylation sites is 1. The Balaban J connectivity index is 1.89. The number of fused-ring (bicyclic) bond motifs is 3. The van der Waals surface area contributed by atoms with Gasteiger partial charge in [-0.15, -0.1) is 5.53 Å². The molecule has 2 aromatic carbocycles. The number of nitrogens with one attached hydrogen (secondary N) is 2. The first-order valence-electron chi connectivity index (χ1n) is 7.79. The normalized spacial score (nSPS) is 20.0. The summed E-state index contributed by atoms with van der Waals surface area (Å²) in [5, 5.41) is 2.97. The molecule has 2 heterocycles. The molecule has 0 amide bonds. The van der Waals surface area contributed by atoms with Crippen LogP contribution in [-0.4, -0.2) is 17.6 Å². The Morgan fingerprint density at radius 2 is 1.83 bits per heavy atom. The highest BCUT2D eigenvalue weighted by Crippen LogP contribution is 2.39. The topological polar surface area (TPSA) is 30.5 Å². The van der Waals surface area contributed by atoms with E-state index in [-0.39, 0.29) is 0 Å². The van der Waals surface area contributed by atoms with Crippen molar-refractivity contribution in [2.24, 2.45) is 0 Å². The van der Waals surface area contributed by atoms with Crippen molar-refractivity contribution in [1.29, 1.82) is 0 Å². The van der Waals surface area contributed by atoms with Crippen molar-refractivity contribution >= 4 is 28.7 Å². The fourth-order valence-electron chi connectivity index (χ4n) is 3.32. The summed E-state index contributed by atoms with van der Waals surface area (Å²) < 4.78 is 0. The van der Waals surface area contributed by atoms with Crippen molar-refractivity contribution in [2.45, 2.75) is 19.9 Å². The average molecular weight is 327 g/mol. The molecule has 0 aliphatic carbocycles.